The molecular weight excluding hydrogens is 298 g/mol. The van der Waals surface area contributed by atoms with Gasteiger partial charge in [-0.15, -0.1) is 0 Å². The molecule has 7 nitrogen and oxygen atoms in total. The summed E-state index contributed by atoms with van der Waals surface area (Å²) < 4.78 is 4.83. The van der Waals surface area contributed by atoms with Crippen LogP contribution in [0.15, 0.2) is 24.3 Å². The molecule has 0 saturated carbocycles. The van der Waals surface area contributed by atoms with E-state index in [0.29, 0.717) is 30.6 Å². The molecule has 7 heteroatoms. The zero-order chi connectivity index (χ0) is 17.2. The van der Waals surface area contributed by atoms with Gasteiger partial charge in [-0.3, -0.25) is 9.59 Å². The van der Waals surface area contributed by atoms with Gasteiger partial charge in [0.2, 0.25) is 5.91 Å². The van der Waals surface area contributed by atoms with Crippen LogP contribution in [-0.4, -0.2) is 37.0 Å². The van der Waals surface area contributed by atoms with E-state index in [4.69, 9.17) is 10.5 Å². The summed E-state index contributed by atoms with van der Waals surface area (Å²) in [4.78, 5) is 35.1. The summed E-state index contributed by atoms with van der Waals surface area (Å²) in [6.45, 7) is 3.98. The summed E-state index contributed by atoms with van der Waals surface area (Å²) in [7, 11) is 0. The fraction of sp³-hybridized carbons (Fsp3) is 0.438. The molecule has 23 heavy (non-hydrogen) atoms. The molecule has 0 bridgehead atoms. The van der Waals surface area contributed by atoms with Crippen molar-refractivity contribution in [2.75, 3.05) is 18.5 Å². The Kier molecular flexibility index (Phi) is 7.76. The van der Waals surface area contributed by atoms with E-state index in [1.165, 1.54) is 0 Å². The van der Waals surface area contributed by atoms with E-state index in [2.05, 4.69) is 10.6 Å². The van der Waals surface area contributed by atoms with Crippen LogP contribution in [0, 0.1) is 0 Å². The van der Waals surface area contributed by atoms with Crippen molar-refractivity contribution in [2.24, 2.45) is 5.73 Å². The molecule has 1 aromatic carbocycles. The number of ether oxygens (including phenoxy) is 1. The molecule has 4 N–H and O–H groups in total. The molecule has 1 rings (SSSR count). The number of nitrogens with two attached hydrogens (primary N) is 1. The molecule has 0 aromatic heterocycles. The van der Waals surface area contributed by atoms with Crippen LogP contribution in [0.3, 0.4) is 0 Å². The number of anilines is 1. The third kappa shape index (κ3) is 6.48. The number of carbonyl (C=O) groups excluding carboxylic acids is 3. The first-order valence-electron chi connectivity index (χ1n) is 7.55. The van der Waals surface area contributed by atoms with Crippen LogP contribution in [-0.2, 0) is 14.3 Å². The molecule has 0 radical (unpaired) electrons. The Hall–Kier alpha value is -2.41. The van der Waals surface area contributed by atoms with Crippen molar-refractivity contribution in [3.05, 3.63) is 29.8 Å². The third-order valence-corrected chi connectivity index (χ3v) is 3.03. The number of carbonyl (C=O) groups is 3. The first-order chi connectivity index (χ1) is 11.0. The second-order valence-corrected chi connectivity index (χ2v) is 4.96. The lowest BCUT2D eigenvalue weighted by atomic mass is 10.1. The van der Waals surface area contributed by atoms with E-state index < -0.39 is 12.0 Å². The number of esters is 1. The molecule has 0 fully saturated rings. The van der Waals surface area contributed by atoms with Gasteiger partial charge < -0.3 is 21.1 Å². The summed E-state index contributed by atoms with van der Waals surface area (Å²) in [6, 6.07) is 5.68. The third-order valence-electron chi connectivity index (χ3n) is 3.03. The van der Waals surface area contributed by atoms with Crippen molar-refractivity contribution in [1.82, 2.24) is 5.32 Å². The average molecular weight is 321 g/mol. The number of nitrogens with one attached hydrogen (secondary N) is 2. The maximum Gasteiger partial charge on any atom is 0.328 e. The Labute approximate surface area is 135 Å². The monoisotopic (exact) mass is 321 g/mol. The Bertz CT molecular complexity index is 543. The lowest BCUT2D eigenvalue weighted by Gasteiger charge is -2.13. The minimum Gasteiger partial charge on any atom is -0.464 e. The van der Waals surface area contributed by atoms with Crippen LogP contribution in [0.1, 0.15) is 37.0 Å². The van der Waals surface area contributed by atoms with Crippen LogP contribution in [0.25, 0.3) is 0 Å². The normalized spacial score (nSPS) is 11.4. The maximum absolute atomic E-state index is 12.0. The number of benzene rings is 1. The number of rotatable bonds is 8. The Morgan fingerprint density at radius 2 is 1.87 bits per heavy atom. The van der Waals surface area contributed by atoms with Gasteiger partial charge in [0.15, 0.2) is 0 Å². The summed E-state index contributed by atoms with van der Waals surface area (Å²) in [5, 5.41) is 5.27. The predicted molar refractivity (Wildman–Crippen MR) is 86.9 cm³/mol. The first kappa shape index (κ1) is 18.6. The van der Waals surface area contributed by atoms with Gasteiger partial charge in [-0.1, -0.05) is 0 Å². The number of hydrogen-bond acceptors (Lipinski definition) is 5. The number of hydrogen-bond donors (Lipinski definition) is 3. The Morgan fingerprint density at radius 3 is 2.43 bits per heavy atom. The molecule has 0 aliphatic rings. The molecule has 1 atom stereocenters. The summed E-state index contributed by atoms with van der Waals surface area (Å²) >= 11 is 0. The van der Waals surface area contributed by atoms with Gasteiger partial charge in [0.1, 0.15) is 6.04 Å². The second kappa shape index (κ2) is 9.58. The van der Waals surface area contributed by atoms with Gasteiger partial charge in [0.25, 0.3) is 5.91 Å². The van der Waals surface area contributed by atoms with Crippen molar-refractivity contribution >= 4 is 23.5 Å². The molecule has 1 aromatic rings. The molecule has 126 valence electrons. The first-order valence-corrected chi connectivity index (χ1v) is 7.55. The summed E-state index contributed by atoms with van der Waals surface area (Å²) in [5.41, 5.74) is 6.33. The topological polar surface area (TPSA) is 111 Å². The van der Waals surface area contributed by atoms with Crippen LogP contribution >= 0.6 is 0 Å². The molecule has 0 aliphatic carbocycles. The zero-order valence-electron chi connectivity index (χ0n) is 13.4. The molecule has 0 spiro atoms. The molecule has 2 amide bonds. The van der Waals surface area contributed by atoms with E-state index in [0.717, 1.165) is 0 Å². The maximum atomic E-state index is 12.0. The van der Waals surface area contributed by atoms with Crippen LogP contribution < -0.4 is 16.4 Å². The van der Waals surface area contributed by atoms with Crippen molar-refractivity contribution in [2.45, 2.75) is 32.7 Å². The Balaban J connectivity index is 2.57. The highest BCUT2D eigenvalue weighted by molar-refractivity contribution is 5.97. The van der Waals surface area contributed by atoms with Crippen molar-refractivity contribution < 1.29 is 19.1 Å². The Morgan fingerprint density at radius 1 is 1.22 bits per heavy atom. The lowest BCUT2D eigenvalue weighted by molar-refractivity contribution is -0.144. The highest BCUT2D eigenvalue weighted by Crippen LogP contribution is 2.10. The fourth-order valence-corrected chi connectivity index (χ4v) is 1.80. The van der Waals surface area contributed by atoms with Crippen LogP contribution in [0.5, 0.6) is 0 Å². The SMILES string of the molecule is CCOC(=O)C(C)NC(=O)c1ccc(NC(=O)CCCN)cc1. The van der Waals surface area contributed by atoms with E-state index in [1.807, 2.05) is 0 Å². The second-order valence-electron chi connectivity index (χ2n) is 4.96. The van der Waals surface area contributed by atoms with Crippen molar-refractivity contribution in [3.8, 4) is 0 Å². The highest BCUT2D eigenvalue weighted by Gasteiger charge is 2.17. The largest absolute Gasteiger partial charge is 0.464 e. The quantitative estimate of drug-likeness (QED) is 0.620. The van der Waals surface area contributed by atoms with E-state index >= 15 is 0 Å². The number of amides is 2. The van der Waals surface area contributed by atoms with Gasteiger partial charge in [0, 0.05) is 17.7 Å². The molecule has 1 unspecified atom stereocenters. The molecule has 0 saturated heterocycles. The average Bonchev–Trinajstić information content (AvgIpc) is 2.53. The van der Waals surface area contributed by atoms with E-state index in [9.17, 15) is 14.4 Å². The van der Waals surface area contributed by atoms with Gasteiger partial charge in [-0.25, -0.2) is 4.79 Å². The fourth-order valence-electron chi connectivity index (χ4n) is 1.80. The van der Waals surface area contributed by atoms with Crippen LogP contribution in [0.4, 0.5) is 5.69 Å². The van der Waals surface area contributed by atoms with Gasteiger partial charge >= 0.3 is 5.97 Å². The summed E-state index contributed by atoms with van der Waals surface area (Å²) in [5.74, 6) is -0.986. The molecular formula is C16H23N3O4. The minimum atomic E-state index is -0.724. The van der Waals surface area contributed by atoms with Gasteiger partial charge in [-0.2, -0.15) is 0 Å². The van der Waals surface area contributed by atoms with Crippen molar-refractivity contribution in [3.63, 3.8) is 0 Å². The minimum absolute atomic E-state index is 0.122. The van der Waals surface area contributed by atoms with E-state index in [1.54, 1.807) is 38.1 Å². The van der Waals surface area contributed by atoms with Crippen molar-refractivity contribution in [1.29, 1.82) is 0 Å². The van der Waals surface area contributed by atoms with Gasteiger partial charge in [0.05, 0.1) is 6.61 Å². The summed E-state index contributed by atoms with van der Waals surface area (Å²) in [6.07, 6.45) is 0.980. The smallest absolute Gasteiger partial charge is 0.328 e. The molecule has 0 aliphatic heterocycles. The predicted octanol–water partition coefficient (Wildman–Crippen LogP) is 1.05. The van der Waals surface area contributed by atoms with Crippen LogP contribution in [0.2, 0.25) is 0 Å². The highest BCUT2D eigenvalue weighted by atomic mass is 16.5. The lowest BCUT2D eigenvalue weighted by Crippen LogP contribution is -2.39. The zero-order valence-corrected chi connectivity index (χ0v) is 13.4. The molecule has 0 heterocycles. The van der Waals surface area contributed by atoms with E-state index in [-0.39, 0.29) is 18.4 Å². The van der Waals surface area contributed by atoms with Gasteiger partial charge in [-0.05, 0) is 51.1 Å². The standard InChI is InChI=1S/C16H23N3O4/c1-3-23-16(22)11(2)18-15(21)12-6-8-13(9-7-12)19-14(20)5-4-10-17/h6-9,11H,3-5,10,17H2,1-2H3,(H,18,21)(H,19,20).